The largest absolute Gasteiger partial charge is 0.356 e. The number of carbonyl (C=O) groups excluding carboxylic acids is 1. The average molecular weight is 272 g/mol. The summed E-state index contributed by atoms with van der Waals surface area (Å²) in [6.07, 6.45) is 0.791. The topological polar surface area (TPSA) is 35.5 Å². The predicted octanol–water partition coefficient (Wildman–Crippen LogP) is 3.79. The number of carbonyl (C=O) groups is 1. The maximum Gasteiger partial charge on any atom is 0.154 e. The van der Waals surface area contributed by atoms with Crippen LogP contribution < -0.4 is 0 Å². The van der Waals surface area contributed by atoms with Crippen LogP contribution in [-0.2, 0) is 9.47 Å². The Labute approximate surface area is 120 Å². The maximum atomic E-state index is 10.5. The molecule has 2 aromatic carbocycles. The molecule has 0 bridgehead atoms. The highest BCUT2D eigenvalue weighted by Crippen LogP contribution is 2.18. The second-order valence-corrected chi connectivity index (χ2v) is 4.14. The third-order valence-corrected chi connectivity index (χ3v) is 2.82. The van der Waals surface area contributed by atoms with E-state index in [9.17, 15) is 4.79 Å². The van der Waals surface area contributed by atoms with Crippen LogP contribution in [0.25, 0.3) is 11.1 Å². The molecule has 3 nitrogen and oxygen atoms in total. The number of hydrogen-bond acceptors (Lipinski definition) is 3. The molecular weight excluding hydrogens is 252 g/mol. The van der Waals surface area contributed by atoms with Gasteiger partial charge in [-0.2, -0.15) is 0 Å². The third-order valence-electron chi connectivity index (χ3n) is 2.82. The van der Waals surface area contributed by atoms with Crippen LogP contribution in [-0.4, -0.2) is 26.8 Å². The third kappa shape index (κ3) is 5.34. The van der Waals surface area contributed by atoms with Crippen molar-refractivity contribution in [3.05, 3.63) is 60.2 Å². The molecule has 0 amide bonds. The zero-order chi connectivity index (χ0) is 14.8. The van der Waals surface area contributed by atoms with Gasteiger partial charge < -0.3 is 9.47 Å². The van der Waals surface area contributed by atoms with Gasteiger partial charge in [-0.1, -0.05) is 54.6 Å². The van der Waals surface area contributed by atoms with E-state index in [4.69, 9.17) is 0 Å². The van der Waals surface area contributed by atoms with Gasteiger partial charge in [0.15, 0.2) is 6.29 Å². The molecule has 20 heavy (non-hydrogen) atoms. The van der Waals surface area contributed by atoms with E-state index in [1.165, 1.54) is 5.56 Å². The van der Waals surface area contributed by atoms with Crippen molar-refractivity contribution >= 4 is 6.29 Å². The number of aldehydes is 1. The first kappa shape index (κ1) is 16.1. The fourth-order valence-corrected chi connectivity index (χ4v) is 1.48. The molecule has 0 fully saturated rings. The van der Waals surface area contributed by atoms with Gasteiger partial charge in [-0.15, -0.1) is 0 Å². The Kier molecular flexibility index (Phi) is 7.25. The summed E-state index contributed by atoms with van der Waals surface area (Å²) >= 11 is 0. The normalized spacial score (nSPS) is 9.80. The van der Waals surface area contributed by atoms with Crippen LogP contribution in [0.5, 0.6) is 0 Å². The SMILES string of the molecule is COC(C)OC.O=Cc1ccc(-c2ccccc2)cc1. The Morgan fingerprint density at radius 3 is 1.75 bits per heavy atom. The molecule has 3 heteroatoms. The molecule has 0 saturated heterocycles. The van der Waals surface area contributed by atoms with Crippen LogP contribution in [0.4, 0.5) is 0 Å². The van der Waals surface area contributed by atoms with Gasteiger partial charge in [0.2, 0.25) is 0 Å². The predicted molar refractivity (Wildman–Crippen MR) is 80.7 cm³/mol. The molecule has 2 rings (SSSR count). The van der Waals surface area contributed by atoms with Gasteiger partial charge in [-0.25, -0.2) is 0 Å². The second-order valence-electron chi connectivity index (χ2n) is 4.14. The standard InChI is InChI=1S/C13H10O.C4H10O2/c14-10-11-6-8-13(9-7-11)12-4-2-1-3-5-12;1-4(5-2)6-3/h1-10H;4H,1-3H3. The summed E-state index contributed by atoms with van der Waals surface area (Å²) in [5, 5.41) is 0. The Hall–Kier alpha value is -1.97. The molecule has 0 N–H and O–H groups in total. The van der Waals surface area contributed by atoms with Gasteiger partial charge >= 0.3 is 0 Å². The van der Waals surface area contributed by atoms with E-state index in [0.717, 1.165) is 11.8 Å². The van der Waals surface area contributed by atoms with E-state index in [0.29, 0.717) is 5.56 Å². The van der Waals surface area contributed by atoms with Crippen LogP contribution in [0.2, 0.25) is 0 Å². The number of ether oxygens (including phenoxy) is 2. The molecule has 0 saturated carbocycles. The molecule has 106 valence electrons. The molecule has 0 aliphatic heterocycles. The van der Waals surface area contributed by atoms with Crippen molar-refractivity contribution in [3.8, 4) is 11.1 Å². The fourth-order valence-electron chi connectivity index (χ4n) is 1.48. The molecule has 0 radical (unpaired) electrons. The lowest BCUT2D eigenvalue weighted by Gasteiger charge is -2.03. The fraction of sp³-hybridized carbons (Fsp3) is 0.235. The zero-order valence-corrected chi connectivity index (χ0v) is 12.1. The molecule has 0 aromatic heterocycles. The quantitative estimate of drug-likeness (QED) is 0.627. The summed E-state index contributed by atoms with van der Waals surface area (Å²) in [6, 6.07) is 17.7. The summed E-state index contributed by atoms with van der Waals surface area (Å²) in [5.41, 5.74) is 3.02. The van der Waals surface area contributed by atoms with Crippen molar-refractivity contribution in [2.24, 2.45) is 0 Å². The van der Waals surface area contributed by atoms with E-state index in [-0.39, 0.29) is 6.29 Å². The molecule has 0 unspecified atom stereocenters. The minimum absolute atomic E-state index is 0.0648. The van der Waals surface area contributed by atoms with Crippen molar-refractivity contribution in [1.82, 2.24) is 0 Å². The average Bonchev–Trinajstić information content (AvgIpc) is 2.55. The molecule has 0 heterocycles. The Morgan fingerprint density at radius 1 is 0.850 bits per heavy atom. The minimum Gasteiger partial charge on any atom is -0.356 e. The Morgan fingerprint density at radius 2 is 1.35 bits per heavy atom. The maximum absolute atomic E-state index is 10.5. The summed E-state index contributed by atoms with van der Waals surface area (Å²) < 4.78 is 9.35. The molecule has 0 atom stereocenters. The van der Waals surface area contributed by atoms with Gasteiger partial charge in [0.1, 0.15) is 6.29 Å². The summed E-state index contributed by atoms with van der Waals surface area (Å²) in [4.78, 5) is 10.5. The van der Waals surface area contributed by atoms with Crippen LogP contribution in [0.1, 0.15) is 17.3 Å². The monoisotopic (exact) mass is 272 g/mol. The van der Waals surface area contributed by atoms with Crippen molar-refractivity contribution < 1.29 is 14.3 Å². The van der Waals surface area contributed by atoms with Gasteiger partial charge in [0, 0.05) is 19.8 Å². The molecule has 0 aliphatic rings. The van der Waals surface area contributed by atoms with Gasteiger partial charge in [-0.05, 0) is 18.1 Å². The summed E-state index contributed by atoms with van der Waals surface area (Å²) in [7, 11) is 3.21. The molecule has 0 spiro atoms. The summed E-state index contributed by atoms with van der Waals surface area (Å²) in [5.74, 6) is 0. The number of hydrogen-bond donors (Lipinski definition) is 0. The van der Waals surface area contributed by atoms with Crippen molar-refractivity contribution in [1.29, 1.82) is 0 Å². The summed E-state index contributed by atoms with van der Waals surface area (Å²) in [6.45, 7) is 1.83. The first-order valence-electron chi connectivity index (χ1n) is 6.37. The van der Waals surface area contributed by atoms with Crippen LogP contribution in [0.3, 0.4) is 0 Å². The van der Waals surface area contributed by atoms with Crippen molar-refractivity contribution in [2.45, 2.75) is 13.2 Å². The highest BCUT2D eigenvalue weighted by Gasteiger charge is 1.95. The van der Waals surface area contributed by atoms with E-state index in [2.05, 4.69) is 21.6 Å². The second kappa shape index (κ2) is 9.02. The van der Waals surface area contributed by atoms with E-state index in [1.807, 2.05) is 49.4 Å². The first-order chi connectivity index (χ1) is 9.71. The number of rotatable bonds is 4. The first-order valence-corrected chi connectivity index (χ1v) is 6.37. The smallest absolute Gasteiger partial charge is 0.154 e. The molecule has 0 aliphatic carbocycles. The Balaban J connectivity index is 0.000000286. The van der Waals surface area contributed by atoms with E-state index >= 15 is 0 Å². The molecule has 2 aromatic rings. The number of benzene rings is 2. The van der Waals surface area contributed by atoms with Gasteiger partial charge in [0.05, 0.1) is 0 Å². The van der Waals surface area contributed by atoms with Gasteiger partial charge in [-0.3, -0.25) is 4.79 Å². The van der Waals surface area contributed by atoms with Crippen LogP contribution in [0.15, 0.2) is 54.6 Å². The Bertz CT molecular complexity index is 487. The highest BCUT2D eigenvalue weighted by molar-refractivity contribution is 5.76. The molecular formula is C17H20O3. The van der Waals surface area contributed by atoms with Crippen LogP contribution >= 0.6 is 0 Å². The lowest BCUT2D eigenvalue weighted by molar-refractivity contribution is -0.0877. The lowest BCUT2D eigenvalue weighted by Crippen LogP contribution is -2.05. The number of methoxy groups -OCH3 is 2. The lowest BCUT2D eigenvalue weighted by atomic mass is 10.0. The zero-order valence-electron chi connectivity index (χ0n) is 12.1. The highest BCUT2D eigenvalue weighted by atomic mass is 16.7. The van der Waals surface area contributed by atoms with E-state index in [1.54, 1.807) is 14.2 Å². The van der Waals surface area contributed by atoms with Crippen molar-refractivity contribution in [3.63, 3.8) is 0 Å². The minimum atomic E-state index is -0.0648. The van der Waals surface area contributed by atoms with Crippen LogP contribution in [0, 0.1) is 0 Å². The van der Waals surface area contributed by atoms with Crippen molar-refractivity contribution in [2.75, 3.05) is 14.2 Å². The van der Waals surface area contributed by atoms with Gasteiger partial charge in [0.25, 0.3) is 0 Å². The van der Waals surface area contributed by atoms with E-state index < -0.39 is 0 Å².